The third kappa shape index (κ3) is 20.5. The number of aliphatic carboxylic acids is 1. The standard InChI is InChI=1S/C82H92Cl3N9O24/c1-36(2)24-52(87-6)76(106)93-66-68(100)42-15-22-56(50(84)26-42)115-58-8-7-9-59(72(58)117-60-28-44(34-95)70(102)71(103)73(60)118-62-32-82(5,74(104)38(4)114-62)88-33-39-12-19-47(20-13-39)113-35-40-10-17-45(83)18-11-40)116-57-23-16-43(27-51(57)85)69(101)67-80(110)92-65(81(111)112)49-29-46(96)30-55(98)63(49)48-25-41(14-21-54(48)97)64(78(108)94-67)91-75(105)37(3)89-77(107)53(31-61(86)99)90-79(66)109/h7-23,25-27,29-30,36-38,44,52-53,60,62,64-71,73-74,87-88,95-98,100-104H,24,28,31-35H2,1-6H3,(H2,86,99)(H,89,107)(H,90,109)(H,91,105)(H,92,110)(H,93,106)(H,94,108)(H,111,112)/t37-,38?,44?,52-,53+,60?,62?,64?,65+,66-,67+,68-,69-,70?,71?,73?,74?,82?/m1/s1. The Kier molecular flexibility index (Phi) is 28.4. The first-order valence-corrected chi connectivity index (χ1v) is 38.8. The number of hydrogen-bond acceptors (Lipinski definition) is 25. The smallest absolute Gasteiger partial charge is 0.330 e. The Morgan fingerprint density at radius 2 is 1.32 bits per heavy atom. The maximum absolute atomic E-state index is 15.2. The van der Waals surface area contributed by atoms with Crippen LogP contribution in [0.15, 0.2) is 133 Å². The number of hydrogen-bond donors (Lipinski definition) is 19. The minimum Gasteiger partial charge on any atom is -0.508 e. The van der Waals surface area contributed by atoms with Gasteiger partial charge in [0.25, 0.3) is 0 Å². The molecule has 33 nitrogen and oxygen atoms in total. The molecule has 0 radical (unpaired) electrons. The van der Waals surface area contributed by atoms with Crippen LogP contribution in [0.4, 0.5) is 0 Å². The summed E-state index contributed by atoms with van der Waals surface area (Å²) in [6.45, 7) is 7.98. The Balaban J connectivity index is 0.998. The molecule has 7 amide bonds. The van der Waals surface area contributed by atoms with Crippen LogP contribution in [0.1, 0.15) is 118 Å². The number of ether oxygens (including phenoxy) is 6. The van der Waals surface area contributed by atoms with Crippen molar-refractivity contribution in [2.24, 2.45) is 17.6 Å². The molecule has 18 atom stereocenters. The zero-order chi connectivity index (χ0) is 85.5. The molecule has 1 aliphatic carbocycles. The molecule has 0 aromatic heterocycles. The van der Waals surface area contributed by atoms with Crippen LogP contribution in [0.5, 0.6) is 51.7 Å². The summed E-state index contributed by atoms with van der Waals surface area (Å²) in [5.41, 5.74) is 4.02. The number of carboxylic acids is 1. The highest BCUT2D eigenvalue weighted by atomic mass is 35.5. The molecule has 1 saturated carbocycles. The zero-order valence-electron chi connectivity index (χ0n) is 64.4. The number of nitrogens with one attached hydrogen (secondary N) is 8. The van der Waals surface area contributed by atoms with Crippen LogP contribution in [-0.2, 0) is 61.0 Å². The number of primary amides is 1. The lowest BCUT2D eigenvalue weighted by Gasteiger charge is -2.48. The van der Waals surface area contributed by atoms with Gasteiger partial charge in [-0.3, -0.25) is 33.6 Å². The molecule has 36 heteroatoms. The molecule has 5 aliphatic heterocycles. The molecular weight excluding hydrogens is 1600 g/mol. The van der Waals surface area contributed by atoms with E-state index in [4.69, 9.17) is 69.0 Å². The molecule has 7 aromatic rings. The number of fused-ring (bicyclic) bond motifs is 6. The normalized spacial score (nSPS) is 26.7. The van der Waals surface area contributed by atoms with Crippen molar-refractivity contribution in [1.29, 1.82) is 0 Å². The predicted octanol–water partition coefficient (Wildman–Crippen LogP) is 5.17. The molecule has 10 bridgehead atoms. The van der Waals surface area contributed by atoms with Crippen LogP contribution >= 0.6 is 34.8 Å². The number of phenols is 3. The summed E-state index contributed by atoms with van der Waals surface area (Å²) < 4.78 is 39.1. The fourth-order valence-corrected chi connectivity index (χ4v) is 15.1. The second kappa shape index (κ2) is 38.0. The van der Waals surface area contributed by atoms with Crippen LogP contribution in [0.2, 0.25) is 15.1 Å². The average Bonchev–Trinajstić information content (AvgIpc) is 0.769. The molecule has 13 rings (SSSR count). The first kappa shape index (κ1) is 88.2. The van der Waals surface area contributed by atoms with Crippen molar-refractivity contribution in [3.8, 4) is 62.9 Å². The van der Waals surface area contributed by atoms with Crippen molar-refractivity contribution in [3.63, 3.8) is 0 Å². The molecule has 6 aliphatic rings. The Labute approximate surface area is 691 Å². The highest BCUT2D eigenvalue weighted by Gasteiger charge is 2.51. The Bertz CT molecular complexity index is 4880. The minimum atomic E-state index is -2.30. The molecule has 5 heterocycles. The van der Waals surface area contributed by atoms with Crippen molar-refractivity contribution in [1.82, 2.24) is 42.5 Å². The van der Waals surface area contributed by atoms with Crippen LogP contribution in [0, 0.1) is 11.8 Å². The summed E-state index contributed by atoms with van der Waals surface area (Å²) in [4.78, 5) is 115. The second-order valence-electron chi connectivity index (χ2n) is 30.1. The molecule has 20 N–H and O–H groups in total. The number of carbonyl (C=O) groups excluding carboxylic acids is 7. The van der Waals surface area contributed by atoms with E-state index >= 15 is 4.79 Å². The molecule has 2 fully saturated rings. The third-order valence-electron chi connectivity index (χ3n) is 21.0. The lowest BCUT2D eigenvalue weighted by Crippen LogP contribution is -2.64. The SMILES string of the molecule is CN[C@H](CC(C)C)C(=O)N[C@H]1C(=O)N[C@@H](CC(N)=O)C(=O)N[C@H](C)C(=O)NC2C(=O)N[C@H](C(=O)N[C@H](C(=O)O)c3cc(O)cc(O)c3-c3cc2ccc3O)[C@H](O)c2ccc(c(Cl)c2)Oc2cccc(c2OC2CC(CO)C(O)C(O)C2OC2CC(C)(NCc3ccc(OCc4ccc(Cl)cc4)cc3)C(O)C(C)O2)Oc2ccc(cc2Cl)[C@H]1O. The van der Waals surface area contributed by atoms with Gasteiger partial charge in [0, 0.05) is 58.8 Å². The van der Waals surface area contributed by atoms with Crippen molar-refractivity contribution in [2.75, 3.05) is 13.7 Å². The summed E-state index contributed by atoms with van der Waals surface area (Å²) in [6.07, 6.45) is -15.2. The first-order valence-electron chi connectivity index (χ1n) is 37.7. The van der Waals surface area contributed by atoms with E-state index in [9.17, 15) is 84.6 Å². The molecular formula is C82H92Cl3N9O24. The van der Waals surface area contributed by atoms with Gasteiger partial charge in [-0.05, 0) is 153 Å². The van der Waals surface area contributed by atoms with Crippen molar-refractivity contribution in [3.05, 3.63) is 182 Å². The largest absolute Gasteiger partial charge is 0.508 e. The van der Waals surface area contributed by atoms with Crippen molar-refractivity contribution < 1.29 is 118 Å². The van der Waals surface area contributed by atoms with Crippen molar-refractivity contribution in [2.45, 2.75) is 176 Å². The number of benzene rings is 7. The number of nitrogens with two attached hydrogens (primary N) is 1. The van der Waals surface area contributed by atoms with Crippen LogP contribution in [0.25, 0.3) is 11.1 Å². The number of carboxylic acid groups (broad SMARTS) is 1. The summed E-state index contributed by atoms with van der Waals surface area (Å²) in [5.74, 6) is -14.5. The molecule has 10 unspecified atom stereocenters. The number of carbonyl (C=O) groups is 8. The zero-order valence-corrected chi connectivity index (χ0v) is 66.7. The Hall–Kier alpha value is -10.6. The van der Waals surface area contributed by atoms with E-state index in [0.29, 0.717) is 17.4 Å². The third-order valence-corrected chi connectivity index (χ3v) is 21.8. The topological polar surface area (TPSA) is 517 Å². The van der Waals surface area contributed by atoms with Crippen molar-refractivity contribution >= 4 is 82.1 Å². The quantitative estimate of drug-likeness (QED) is 0.0496. The number of amides is 7. The highest BCUT2D eigenvalue weighted by Crippen LogP contribution is 2.49. The molecule has 118 heavy (non-hydrogen) atoms. The van der Waals surface area contributed by atoms with E-state index in [1.54, 1.807) is 38.1 Å². The molecule has 0 spiro atoms. The van der Waals surface area contributed by atoms with Gasteiger partial charge in [0.1, 0.15) is 102 Å². The van der Waals surface area contributed by atoms with Gasteiger partial charge in [0.05, 0.1) is 40.8 Å². The number of para-hydroxylation sites is 1. The Morgan fingerprint density at radius 3 is 1.93 bits per heavy atom. The summed E-state index contributed by atoms with van der Waals surface area (Å²) >= 11 is 20.3. The minimum absolute atomic E-state index is 0.0688. The lowest BCUT2D eigenvalue weighted by molar-refractivity contribution is -0.289. The van der Waals surface area contributed by atoms with E-state index in [0.717, 1.165) is 54.4 Å². The number of aromatic hydroxyl groups is 3. The van der Waals surface area contributed by atoms with Gasteiger partial charge in [0.2, 0.25) is 47.1 Å². The fourth-order valence-electron chi connectivity index (χ4n) is 14.5. The lowest BCUT2D eigenvalue weighted by atomic mass is 9.80. The van der Waals surface area contributed by atoms with E-state index in [2.05, 4.69) is 42.5 Å². The number of aliphatic hydroxyl groups excluding tert-OH is 6. The van der Waals surface area contributed by atoms with E-state index in [1.165, 1.54) is 55.6 Å². The highest BCUT2D eigenvalue weighted by molar-refractivity contribution is 6.32. The number of rotatable bonds is 19. The van der Waals surface area contributed by atoms with Crippen LogP contribution < -0.4 is 67.2 Å². The average molecular weight is 1690 g/mol. The summed E-state index contributed by atoms with van der Waals surface area (Å²) in [5, 5.41) is 137. The van der Waals surface area contributed by atoms with Crippen LogP contribution in [0.3, 0.4) is 0 Å². The van der Waals surface area contributed by atoms with Gasteiger partial charge in [-0.15, -0.1) is 0 Å². The van der Waals surface area contributed by atoms with E-state index in [-0.39, 0.29) is 87.2 Å². The summed E-state index contributed by atoms with van der Waals surface area (Å²) in [7, 11) is 1.48. The molecule has 1 saturated heterocycles. The van der Waals surface area contributed by atoms with Gasteiger partial charge in [0.15, 0.2) is 23.8 Å². The fraction of sp³-hybridized carbons (Fsp3) is 0.390. The van der Waals surface area contributed by atoms with Gasteiger partial charge >= 0.3 is 5.97 Å². The predicted molar refractivity (Wildman–Crippen MR) is 424 cm³/mol. The number of halogens is 3. The maximum Gasteiger partial charge on any atom is 0.330 e. The Morgan fingerprint density at radius 1 is 0.686 bits per heavy atom. The number of aliphatic hydroxyl groups is 6. The number of phenolic OH excluding ortho intramolecular Hbond substituents is 3. The molecule has 630 valence electrons. The van der Waals surface area contributed by atoms with Crippen LogP contribution in [-0.4, -0.2) is 191 Å². The summed E-state index contributed by atoms with van der Waals surface area (Å²) in [6, 6.07) is 17.4. The van der Waals surface area contributed by atoms with Gasteiger partial charge in [-0.25, -0.2) is 4.79 Å². The second-order valence-corrected chi connectivity index (χ2v) is 31.3. The van der Waals surface area contributed by atoms with E-state index in [1.807, 2.05) is 38.1 Å². The van der Waals surface area contributed by atoms with E-state index < -0.39 is 203 Å². The van der Waals surface area contributed by atoms with Gasteiger partial charge < -0.3 is 128 Å². The monoisotopic (exact) mass is 1690 g/mol. The van der Waals surface area contributed by atoms with Gasteiger partial charge in [-0.1, -0.05) is 97.2 Å². The van der Waals surface area contributed by atoms with Gasteiger partial charge in [-0.2, -0.15) is 0 Å². The number of likely N-dealkylation sites (N-methyl/N-ethyl adjacent to an activating group) is 1. The molecule has 7 aromatic carbocycles. The maximum atomic E-state index is 15.2. The first-order chi connectivity index (χ1) is 56.0.